The Morgan fingerprint density at radius 3 is 2.52 bits per heavy atom. The largest absolute Gasteiger partial charge is 0.493 e. The first-order chi connectivity index (χ1) is 10.1. The Labute approximate surface area is 125 Å². The van der Waals surface area contributed by atoms with E-state index in [1.807, 2.05) is 0 Å². The fourth-order valence-corrected chi connectivity index (χ4v) is 3.59. The topological polar surface area (TPSA) is 73.9 Å². The molecule has 1 heterocycles. The smallest absolute Gasteiger partial charge is 0.203 e. The van der Waals surface area contributed by atoms with E-state index in [1.54, 1.807) is 26.4 Å². The molecule has 2 aliphatic rings. The number of benzene rings is 1. The van der Waals surface area contributed by atoms with E-state index in [0.717, 1.165) is 25.7 Å². The maximum atomic E-state index is 10.6. The van der Waals surface area contributed by atoms with E-state index >= 15 is 0 Å². The number of methoxy groups -OCH3 is 2. The van der Waals surface area contributed by atoms with Gasteiger partial charge in [0.2, 0.25) is 5.75 Å². The molecule has 0 aromatic heterocycles. The molecule has 5 nitrogen and oxygen atoms in total. The third-order valence-electron chi connectivity index (χ3n) is 4.80. The van der Waals surface area contributed by atoms with Crippen molar-refractivity contribution in [1.82, 2.24) is 0 Å². The highest BCUT2D eigenvalue weighted by molar-refractivity contribution is 5.58. The van der Waals surface area contributed by atoms with Crippen molar-refractivity contribution in [2.45, 2.75) is 49.9 Å². The average molecular weight is 293 g/mol. The summed E-state index contributed by atoms with van der Waals surface area (Å²) < 4.78 is 17.1. The van der Waals surface area contributed by atoms with E-state index in [1.165, 1.54) is 6.42 Å². The Kier molecular flexibility index (Phi) is 3.71. The minimum atomic E-state index is -0.744. The van der Waals surface area contributed by atoms with Crippen LogP contribution in [0.5, 0.6) is 17.2 Å². The van der Waals surface area contributed by atoms with Gasteiger partial charge in [0, 0.05) is 5.56 Å². The van der Waals surface area contributed by atoms with E-state index in [0.29, 0.717) is 22.8 Å². The summed E-state index contributed by atoms with van der Waals surface area (Å²) in [6.07, 6.45) is 4.32. The van der Waals surface area contributed by atoms with Crippen LogP contribution in [0.3, 0.4) is 0 Å². The third-order valence-corrected chi connectivity index (χ3v) is 4.80. The van der Waals surface area contributed by atoms with E-state index in [2.05, 4.69) is 0 Å². The molecule has 1 spiro atoms. The Bertz CT molecular complexity index is 525. The average Bonchev–Trinajstić information content (AvgIpc) is 2.52. The molecule has 2 unspecified atom stereocenters. The van der Waals surface area contributed by atoms with Gasteiger partial charge in [0.05, 0.1) is 20.3 Å². The van der Waals surface area contributed by atoms with Crippen LogP contribution in [-0.2, 0) is 0 Å². The van der Waals surface area contributed by atoms with Crippen LogP contribution in [0.25, 0.3) is 0 Å². The summed E-state index contributed by atoms with van der Waals surface area (Å²) in [5.74, 6) is 1.71. The molecule has 3 rings (SSSR count). The van der Waals surface area contributed by atoms with Gasteiger partial charge < -0.3 is 25.1 Å². The van der Waals surface area contributed by atoms with Crippen molar-refractivity contribution < 1.29 is 19.3 Å². The lowest BCUT2D eigenvalue weighted by Gasteiger charge is -2.47. The number of hydrogen-bond donors (Lipinski definition) is 2. The lowest BCUT2D eigenvalue weighted by molar-refractivity contribution is -0.0598. The summed E-state index contributed by atoms with van der Waals surface area (Å²) in [5, 5.41) is 10.6. The molecule has 5 heteroatoms. The highest BCUT2D eigenvalue weighted by atomic mass is 16.5. The van der Waals surface area contributed by atoms with Crippen molar-refractivity contribution in [3.05, 3.63) is 17.7 Å². The van der Waals surface area contributed by atoms with Gasteiger partial charge in [-0.25, -0.2) is 0 Å². The van der Waals surface area contributed by atoms with Crippen LogP contribution in [0.15, 0.2) is 12.1 Å². The first kappa shape index (κ1) is 14.5. The van der Waals surface area contributed by atoms with Crippen LogP contribution in [0.1, 0.15) is 43.8 Å². The molecule has 0 radical (unpaired) electrons. The summed E-state index contributed by atoms with van der Waals surface area (Å²) in [6.45, 7) is 0. The molecule has 2 atom stereocenters. The normalized spacial score (nSPS) is 26.9. The van der Waals surface area contributed by atoms with E-state index in [4.69, 9.17) is 19.9 Å². The minimum absolute atomic E-state index is 0.414. The maximum absolute atomic E-state index is 10.6. The van der Waals surface area contributed by atoms with Gasteiger partial charge >= 0.3 is 0 Å². The number of aliphatic hydroxyl groups excluding tert-OH is 1. The summed E-state index contributed by atoms with van der Waals surface area (Å²) >= 11 is 0. The summed E-state index contributed by atoms with van der Waals surface area (Å²) in [7, 11) is 3.17. The van der Waals surface area contributed by atoms with Crippen molar-refractivity contribution in [3.8, 4) is 17.2 Å². The molecule has 0 bridgehead atoms. The molecule has 1 aromatic rings. The molecule has 1 aliphatic carbocycles. The Morgan fingerprint density at radius 1 is 1.19 bits per heavy atom. The monoisotopic (exact) mass is 293 g/mol. The zero-order chi connectivity index (χ0) is 15.0. The quantitative estimate of drug-likeness (QED) is 0.874. The van der Waals surface area contributed by atoms with Crippen molar-refractivity contribution in [2.24, 2.45) is 5.73 Å². The van der Waals surface area contributed by atoms with Crippen LogP contribution < -0.4 is 19.9 Å². The van der Waals surface area contributed by atoms with E-state index in [-0.39, 0.29) is 0 Å². The molecule has 0 amide bonds. The standard InChI is InChI=1S/C16H23NO4/c1-19-11-7-6-10-12(18)15(17)16(8-4-3-5-9-16)21-13(10)14(11)20-2/h6-7,12,15,18H,3-5,8-9,17H2,1-2H3. The van der Waals surface area contributed by atoms with E-state index in [9.17, 15) is 5.11 Å². The van der Waals surface area contributed by atoms with Gasteiger partial charge in [0.25, 0.3) is 0 Å². The van der Waals surface area contributed by atoms with Crippen LogP contribution in [0.4, 0.5) is 0 Å². The van der Waals surface area contributed by atoms with Gasteiger partial charge in [-0.05, 0) is 37.8 Å². The first-order valence-corrected chi connectivity index (χ1v) is 7.50. The predicted octanol–water partition coefficient (Wildman–Crippen LogP) is 2.16. The van der Waals surface area contributed by atoms with Crippen molar-refractivity contribution in [1.29, 1.82) is 0 Å². The summed E-state index contributed by atoms with van der Waals surface area (Å²) in [4.78, 5) is 0. The molecule has 0 saturated heterocycles. The molecule has 116 valence electrons. The number of aliphatic hydroxyl groups is 1. The molecule has 1 aromatic carbocycles. The molecular formula is C16H23NO4. The van der Waals surface area contributed by atoms with Gasteiger partial charge in [0.15, 0.2) is 11.5 Å². The molecule has 1 aliphatic heterocycles. The number of fused-ring (bicyclic) bond motifs is 1. The number of nitrogens with two attached hydrogens (primary N) is 1. The van der Waals surface area contributed by atoms with Gasteiger partial charge in [0.1, 0.15) is 11.7 Å². The van der Waals surface area contributed by atoms with Crippen LogP contribution in [0.2, 0.25) is 0 Å². The van der Waals surface area contributed by atoms with Crippen LogP contribution in [-0.4, -0.2) is 31.0 Å². The van der Waals surface area contributed by atoms with Crippen molar-refractivity contribution in [3.63, 3.8) is 0 Å². The Balaban J connectivity index is 2.09. The lowest BCUT2D eigenvalue weighted by atomic mass is 9.74. The summed E-state index contributed by atoms with van der Waals surface area (Å²) in [6, 6.07) is 3.16. The fourth-order valence-electron chi connectivity index (χ4n) is 3.59. The minimum Gasteiger partial charge on any atom is -0.493 e. The second kappa shape index (κ2) is 5.39. The molecule has 21 heavy (non-hydrogen) atoms. The predicted molar refractivity (Wildman–Crippen MR) is 78.9 cm³/mol. The van der Waals surface area contributed by atoms with Crippen molar-refractivity contribution in [2.75, 3.05) is 14.2 Å². The highest BCUT2D eigenvalue weighted by Gasteiger charge is 2.49. The summed E-state index contributed by atoms with van der Waals surface area (Å²) in [5.41, 5.74) is 6.50. The number of rotatable bonds is 2. The number of hydrogen-bond acceptors (Lipinski definition) is 5. The fraction of sp³-hybridized carbons (Fsp3) is 0.625. The second-order valence-corrected chi connectivity index (χ2v) is 5.92. The molecule has 3 N–H and O–H groups in total. The zero-order valence-electron chi connectivity index (χ0n) is 12.6. The van der Waals surface area contributed by atoms with Gasteiger partial charge in [-0.15, -0.1) is 0 Å². The molecular weight excluding hydrogens is 270 g/mol. The Morgan fingerprint density at radius 2 is 1.90 bits per heavy atom. The SMILES string of the molecule is COc1ccc2c(c1OC)OC1(CCCCC1)C(N)C2O. The van der Waals surface area contributed by atoms with Gasteiger partial charge in [-0.3, -0.25) is 0 Å². The van der Waals surface area contributed by atoms with Gasteiger partial charge in [-0.1, -0.05) is 6.42 Å². The molecule has 1 saturated carbocycles. The van der Waals surface area contributed by atoms with Gasteiger partial charge in [-0.2, -0.15) is 0 Å². The lowest BCUT2D eigenvalue weighted by Crippen LogP contribution is -2.58. The van der Waals surface area contributed by atoms with Crippen LogP contribution in [0, 0.1) is 0 Å². The Hall–Kier alpha value is -1.46. The van der Waals surface area contributed by atoms with Crippen molar-refractivity contribution >= 4 is 0 Å². The zero-order valence-corrected chi connectivity index (χ0v) is 12.6. The van der Waals surface area contributed by atoms with E-state index < -0.39 is 17.7 Å². The highest BCUT2D eigenvalue weighted by Crippen LogP contribution is 2.51. The van der Waals surface area contributed by atoms with Crippen LogP contribution >= 0.6 is 0 Å². The first-order valence-electron chi connectivity index (χ1n) is 7.50. The molecule has 1 fully saturated rings. The number of ether oxygens (including phenoxy) is 3. The third kappa shape index (κ3) is 2.15. The maximum Gasteiger partial charge on any atom is 0.203 e. The second-order valence-electron chi connectivity index (χ2n) is 5.92.